The topological polar surface area (TPSA) is 43.2 Å². The highest BCUT2D eigenvalue weighted by Crippen LogP contribution is 2.57. The van der Waals surface area contributed by atoms with Gasteiger partial charge in [0.2, 0.25) is 0 Å². The number of aryl methyl sites for hydroxylation is 2. The third kappa shape index (κ3) is 5.27. The summed E-state index contributed by atoms with van der Waals surface area (Å²) in [6.07, 6.45) is 0. The lowest BCUT2D eigenvalue weighted by molar-refractivity contribution is 0.340. The van der Waals surface area contributed by atoms with Crippen molar-refractivity contribution >= 4 is 78.4 Å². The van der Waals surface area contributed by atoms with Gasteiger partial charge >= 0.3 is 0 Å². The maximum Gasteiger partial charge on any atom is 0.119 e. The number of aliphatic imine (C=N–C) groups is 2. The van der Waals surface area contributed by atoms with Gasteiger partial charge in [0.1, 0.15) is 21.6 Å². The van der Waals surface area contributed by atoms with Gasteiger partial charge in [0.15, 0.2) is 0 Å². The molecule has 228 valence electrons. The van der Waals surface area contributed by atoms with Gasteiger partial charge < -0.3 is 9.47 Å². The molecule has 0 saturated heterocycles. The Morgan fingerprint density at radius 2 is 0.957 bits per heavy atom. The summed E-state index contributed by atoms with van der Waals surface area (Å²) in [5, 5.41) is 4.35. The van der Waals surface area contributed by atoms with Crippen LogP contribution in [0.25, 0.3) is 31.7 Å². The normalized spacial score (nSPS) is 13.5. The molecule has 0 unspecified atom stereocenters. The van der Waals surface area contributed by atoms with Crippen LogP contribution in [-0.4, -0.2) is 23.3 Å². The Hall–Kier alpha value is -3.82. The minimum absolute atomic E-state index is 0.643. The quantitative estimate of drug-likeness (QED) is 0.161. The van der Waals surface area contributed by atoms with Gasteiger partial charge in [-0.2, -0.15) is 0 Å². The Balaban J connectivity index is 1.39. The minimum Gasteiger partial charge on any atom is -0.494 e. The van der Waals surface area contributed by atoms with E-state index in [4.69, 9.17) is 19.5 Å². The molecule has 4 nitrogen and oxygen atoms in total. The van der Waals surface area contributed by atoms with Crippen LogP contribution in [0.3, 0.4) is 0 Å². The molecule has 6 aromatic rings. The van der Waals surface area contributed by atoms with E-state index < -0.39 is 0 Å². The van der Waals surface area contributed by atoms with Crippen molar-refractivity contribution in [3.63, 3.8) is 0 Å². The van der Waals surface area contributed by atoms with Crippen LogP contribution in [-0.2, 0) is 0 Å². The molecule has 4 heterocycles. The molecule has 0 saturated carbocycles. The third-order valence-corrected chi connectivity index (χ3v) is 12.3. The molecule has 2 aliphatic rings. The Bertz CT molecular complexity index is 2030. The lowest BCUT2D eigenvalue weighted by Gasteiger charge is -2.26. The molecule has 8 rings (SSSR count). The third-order valence-electron chi connectivity index (χ3n) is 7.95. The van der Waals surface area contributed by atoms with Crippen molar-refractivity contribution in [1.82, 2.24) is 0 Å². The summed E-state index contributed by atoms with van der Waals surface area (Å²) in [6, 6.07) is 30.1. The lowest BCUT2D eigenvalue weighted by Crippen LogP contribution is -2.05. The van der Waals surface area contributed by atoms with E-state index in [1.807, 2.05) is 60.8 Å². The fourth-order valence-corrected chi connectivity index (χ4v) is 10.1. The van der Waals surface area contributed by atoms with Crippen LogP contribution in [0.1, 0.15) is 34.7 Å². The second-order valence-corrected chi connectivity index (χ2v) is 15.6. The van der Waals surface area contributed by atoms with Gasteiger partial charge in [-0.1, -0.05) is 23.5 Å². The van der Waals surface area contributed by atoms with E-state index in [1.165, 1.54) is 51.2 Å². The van der Waals surface area contributed by atoms with Crippen LogP contribution in [0.2, 0.25) is 0 Å². The van der Waals surface area contributed by atoms with E-state index in [-0.39, 0.29) is 0 Å². The van der Waals surface area contributed by atoms with Crippen LogP contribution < -0.4 is 9.47 Å². The van der Waals surface area contributed by atoms with Crippen molar-refractivity contribution < 1.29 is 9.47 Å². The minimum atomic E-state index is 0.643. The van der Waals surface area contributed by atoms with Crippen molar-refractivity contribution in [3.8, 4) is 32.4 Å². The highest BCUT2D eigenvalue weighted by molar-refractivity contribution is 8.15. The van der Waals surface area contributed by atoms with E-state index in [0.29, 0.717) is 13.2 Å². The SMILES string of the molecule is CCOc1ccc(C2=Nc3cc(-c4ccc(C)s4)c4c5c(cc(-c6ccc(C)s6)c(c35)S2)N=C(c2ccc(OCC)cc2)S4)cc1. The Morgan fingerprint density at radius 3 is 1.30 bits per heavy atom. The number of thiophene rings is 2. The molecule has 0 atom stereocenters. The summed E-state index contributed by atoms with van der Waals surface area (Å²) in [5.74, 6) is 1.74. The maximum absolute atomic E-state index is 5.73. The summed E-state index contributed by atoms with van der Waals surface area (Å²) in [5.41, 5.74) is 6.57. The van der Waals surface area contributed by atoms with Crippen LogP contribution in [0.4, 0.5) is 11.4 Å². The van der Waals surface area contributed by atoms with E-state index >= 15 is 0 Å². The first-order valence-corrected chi connectivity index (χ1v) is 18.6. The van der Waals surface area contributed by atoms with Crippen molar-refractivity contribution in [3.05, 3.63) is 106 Å². The van der Waals surface area contributed by atoms with Crippen molar-refractivity contribution in [2.45, 2.75) is 37.5 Å². The molecule has 0 aliphatic carbocycles. The zero-order valence-electron chi connectivity index (χ0n) is 25.8. The van der Waals surface area contributed by atoms with Gasteiger partial charge in [0, 0.05) is 62.3 Å². The van der Waals surface area contributed by atoms with Crippen LogP contribution in [0.15, 0.2) is 105 Å². The largest absolute Gasteiger partial charge is 0.494 e. The molecule has 2 aromatic heterocycles. The van der Waals surface area contributed by atoms with Gasteiger partial charge in [-0.3, -0.25) is 0 Å². The average molecular weight is 675 g/mol. The number of hydrogen-bond acceptors (Lipinski definition) is 8. The average Bonchev–Trinajstić information content (AvgIpc) is 3.71. The van der Waals surface area contributed by atoms with E-state index in [2.05, 4.69) is 74.5 Å². The van der Waals surface area contributed by atoms with E-state index in [9.17, 15) is 0 Å². The number of benzene rings is 4. The Kier molecular flexibility index (Phi) is 7.77. The predicted molar refractivity (Wildman–Crippen MR) is 199 cm³/mol. The predicted octanol–water partition coefficient (Wildman–Crippen LogP) is 12.1. The highest BCUT2D eigenvalue weighted by atomic mass is 32.2. The monoisotopic (exact) mass is 674 g/mol. The zero-order chi connectivity index (χ0) is 31.4. The summed E-state index contributed by atoms with van der Waals surface area (Å²) in [6.45, 7) is 9.64. The molecule has 0 fully saturated rings. The standard InChI is InChI=1S/C38H30N2O2S4/c1-5-41-25-13-9-23(10-14-25)37-39-29-19-28(32-18-8-22(4)44-32)36-34-30(40-38(46-36)24-11-15-26(16-12-24)42-6-2)20-27(35(45-37)33(29)34)31-17-7-21(3)43-31/h7-20H,5-6H2,1-4H3. The van der Waals surface area contributed by atoms with Gasteiger partial charge in [-0.15, -0.1) is 22.7 Å². The molecule has 8 heteroatoms. The molecular weight excluding hydrogens is 645 g/mol. The number of thioether (sulfide) groups is 2. The second kappa shape index (κ2) is 12.1. The number of ether oxygens (including phenoxy) is 2. The van der Waals surface area contributed by atoms with Crippen molar-refractivity contribution in [2.24, 2.45) is 9.98 Å². The Morgan fingerprint density at radius 1 is 0.543 bits per heavy atom. The fraction of sp³-hybridized carbons (Fsp3) is 0.158. The number of hydrogen-bond donors (Lipinski definition) is 0. The van der Waals surface area contributed by atoms with Crippen molar-refractivity contribution in [2.75, 3.05) is 13.2 Å². The molecule has 0 radical (unpaired) electrons. The van der Waals surface area contributed by atoms with Crippen LogP contribution in [0, 0.1) is 13.8 Å². The smallest absolute Gasteiger partial charge is 0.119 e. The highest BCUT2D eigenvalue weighted by Gasteiger charge is 2.31. The Labute approximate surface area is 285 Å². The van der Waals surface area contributed by atoms with Gasteiger partial charge in [-0.25, -0.2) is 9.98 Å². The lowest BCUT2D eigenvalue weighted by atomic mass is 9.98. The van der Waals surface area contributed by atoms with Crippen molar-refractivity contribution in [1.29, 1.82) is 0 Å². The summed E-state index contributed by atoms with van der Waals surface area (Å²) >= 11 is 7.17. The number of nitrogens with zero attached hydrogens (tertiary/aromatic N) is 2. The summed E-state index contributed by atoms with van der Waals surface area (Å²) < 4.78 is 11.5. The molecule has 0 spiro atoms. The molecule has 0 N–H and O–H groups in total. The second-order valence-electron chi connectivity index (χ2n) is 11.1. The van der Waals surface area contributed by atoms with Gasteiger partial charge in [0.05, 0.1) is 24.6 Å². The summed E-state index contributed by atoms with van der Waals surface area (Å²) in [7, 11) is 0. The molecule has 4 aromatic carbocycles. The van der Waals surface area contributed by atoms with Crippen LogP contribution in [0.5, 0.6) is 11.5 Å². The molecular formula is C38H30N2O2S4. The van der Waals surface area contributed by atoms with Gasteiger partial charge in [0.25, 0.3) is 0 Å². The molecule has 46 heavy (non-hydrogen) atoms. The van der Waals surface area contributed by atoms with E-state index in [1.54, 1.807) is 23.5 Å². The van der Waals surface area contributed by atoms with Crippen LogP contribution >= 0.6 is 46.2 Å². The maximum atomic E-state index is 5.73. The molecule has 0 bridgehead atoms. The molecule has 2 aliphatic heterocycles. The number of rotatable bonds is 8. The fourth-order valence-electron chi connectivity index (χ4n) is 5.87. The van der Waals surface area contributed by atoms with Gasteiger partial charge in [-0.05, 0) is 113 Å². The first kappa shape index (κ1) is 29.6. The zero-order valence-corrected chi connectivity index (χ0v) is 29.1. The molecule has 0 amide bonds. The summed E-state index contributed by atoms with van der Waals surface area (Å²) in [4.78, 5) is 18.3. The first-order chi connectivity index (χ1) is 22.5. The van der Waals surface area contributed by atoms with E-state index in [0.717, 1.165) is 44.1 Å². The first-order valence-electron chi connectivity index (χ1n) is 15.3.